The Labute approximate surface area is 319 Å². The van der Waals surface area contributed by atoms with Gasteiger partial charge in [-0.1, -0.05) is 188 Å². The molecule has 4 heteroatoms. The summed E-state index contributed by atoms with van der Waals surface area (Å²) >= 11 is 0. The van der Waals surface area contributed by atoms with E-state index in [-0.39, 0.29) is 0 Å². The summed E-state index contributed by atoms with van der Waals surface area (Å²) in [5.41, 5.74) is 13.5. The number of hydrogen-bond acceptors (Lipinski definition) is 3. The van der Waals surface area contributed by atoms with Gasteiger partial charge in [0.25, 0.3) is 0 Å². The Bertz CT molecular complexity index is 2870. The van der Waals surface area contributed by atoms with Gasteiger partial charge in [-0.15, -0.1) is 0 Å². The first-order valence-electron chi connectivity index (χ1n) is 18.5. The molecule has 0 saturated carbocycles. The van der Waals surface area contributed by atoms with E-state index in [4.69, 9.17) is 15.1 Å². The molecule has 0 saturated heterocycles. The van der Waals surface area contributed by atoms with Crippen LogP contribution in [0.15, 0.2) is 206 Å². The second-order valence-corrected chi connectivity index (χ2v) is 13.6. The van der Waals surface area contributed by atoms with E-state index in [2.05, 4.69) is 168 Å². The monoisotopic (exact) mass is 702 g/mol. The van der Waals surface area contributed by atoms with Crippen molar-refractivity contribution in [3.05, 3.63) is 206 Å². The molecule has 0 radical (unpaired) electrons. The Balaban J connectivity index is 1.23. The minimum Gasteiger partial charge on any atom is -0.232 e. The molecule has 0 amide bonds. The predicted molar refractivity (Wildman–Crippen MR) is 227 cm³/mol. The number of nitrogens with zero attached hydrogens (tertiary/aromatic N) is 4. The fourth-order valence-electron chi connectivity index (χ4n) is 7.69. The van der Waals surface area contributed by atoms with Gasteiger partial charge in [-0.3, -0.25) is 0 Å². The van der Waals surface area contributed by atoms with Crippen LogP contribution in [0.2, 0.25) is 0 Å². The molecule has 0 atom stereocenters. The van der Waals surface area contributed by atoms with E-state index >= 15 is 0 Å². The highest BCUT2D eigenvalue weighted by Crippen LogP contribution is 2.48. The highest BCUT2D eigenvalue weighted by Gasteiger charge is 2.25. The van der Waals surface area contributed by atoms with Gasteiger partial charge in [-0.25, -0.2) is 14.6 Å². The summed E-state index contributed by atoms with van der Waals surface area (Å²) in [5, 5.41) is 8.84. The zero-order valence-electron chi connectivity index (χ0n) is 29.9. The normalized spacial score (nSPS) is 11.3. The van der Waals surface area contributed by atoms with Crippen molar-refractivity contribution in [3.63, 3.8) is 0 Å². The molecule has 0 spiro atoms. The number of rotatable bonds is 7. The van der Waals surface area contributed by atoms with Gasteiger partial charge in [-0.2, -0.15) is 5.10 Å². The molecule has 8 aromatic carbocycles. The highest BCUT2D eigenvalue weighted by atomic mass is 15.3. The molecule has 0 aliphatic heterocycles. The second kappa shape index (κ2) is 13.8. The Morgan fingerprint density at radius 3 is 1.35 bits per heavy atom. The van der Waals surface area contributed by atoms with E-state index in [0.717, 1.165) is 89.0 Å². The van der Waals surface area contributed by atoms with Gasteiger partial charge < -0.3 is 0 Å². The van der Waals surface area contributed by atoms with Gasteiger partial charge in [0, 0.05) is 38.6 Å². The summed E-state index contributed by atoms with van der Waals surface area (Å²) in [6.07, 6.45) is 0. The molecule has 55 heavy (non-hydrogen) atoms. The Hall–Kier alpha value is -7.43. The maximum absolute atomic E-state index is 5.42. The van der Waals surface area contributed by atoms with Gasteiger partial charge in [0.15, 0.2) is 5.82 Å². The van der Waals surface area contributed by atoms with Crippen molar-refractivity contribution in [2.24, 2.45) is 0 Å². The maximum Gasteiger partial charge on any atom is 0.160 e. The molecule has 0 fully saturated rings. The Morgan fingerprint density at radius 2 is 0.782 bits per heavy atom. The lowest BCUT2D eigenvalue weighted by molar-refractivity contribution is 0.918. The first-order chi connectivity index (χ1) is 27.3. The number of aromatic nitrogens is 4. The highest BCUT2D eigenvalue weighted by molar-refractivity contribution is 6.24. The lowest BCUT2D eigenvalue weighted by Crippen LogP contribution is -1.98. The molecule has 4 nitrogen and oxygen atoms in total. The van der Waals surface area contributed by atoms with Crippen molar-refractivity contribution in [1.29, 1.82) is 0 Å². The minimum absolute atomic E-state index is 0.686. The van der Waals surface area contributed by atoms with Crippen LogP contribution in [0.3, 0.4) is 0 Å². The van der Waals surface area contributed by atoms with Crippen LogP contribution in [-0.2, 0) is 0 Å². The topological polar surface area (TPSA) is 43.6 Å². The van der Waals surface area contributed by atoms with E-state index in [0.29, 0.717) is 5.82 Å². The lowest BCUT2D eigenvalue weighted by Gasteiger charge is -2.18. The molecule has 10 aromatic rings. The van der Waals surface area contributed by atoms with Crippen LogP contribution in [0.5, 0.6) is 0 Å². The zero-order valence-corrected chi connectivity index (χ0v) is 29.9. The van der Waals surface area contributed by atoms with Crippen molar-refractivity contribution in [3.8, 4) is 73.1 Å². The first-order valence-corrected chi connectivity index (χ1v) is 18.5. The molecule has 0 aliphatic rings. The largest absolute Gasteiger partial charge is 0.232 e. The second-order valence-electron chi connectivity index (χ2n) is 13.6. The third-order valence-corrected chi connectivity index (χ3v) is 10.2. The average molecular weight is 703 g/mol. The summed E-state index contributed by atoms with van der Waals surface area (Å²) < 4.78 is 2.13. The molecule has 0 unspecified atom stereocenters. The molecule has 2 aromatic heterocycles. The standard InChI is InChI=1S/C51H34N4/c1-6-18-35(19-7-1)44-34-45(36-20-8-2-9-21-36)53-51(52-44)40-32-30-38(31-33-40)46-42-28-16-17-29-43(42)50-48(47(46)37-22-10-3-11-23-37)49(39-24-12-4-13-25-39)54-55(50)41-26-14-5-15-27-41/h1-34H. The van der Waals surface area contributed by atoms with Crippen LogP contribution in [0, 0.1) is 0 Å². The van der Waals surface area contributed by atoms with Crippen molar-refractivity contribution < 1.29 is 0 Å². The Kier molecular flexibility index (Phi) is 8.12. The number of para-hydroxylation sites is 1. The van der Waals surface area contributed by atoms with Crippen molar-refractivity contribution in [2.75, 3.05) is 0 Å². The van der Waals surface area contributed by atoms with Crippen LogP contribution in [0.4, 0.5) is 0 Å². The van der Waals surface area contributed by atoms with Gasteiger partial charge >= 0.3 is 0 Å². The van der Waals surface area contributed by atoms with Crippen LogP contribution >= 0.6 is 0 Å². The molecule has 0 aliphatic carbocycles. The van der Waals surface area contributed by atoms with Crippen molar-refractivity contribution >= 4 is 21.7 Å². The summed E-state index contributed by atoms with van der Waals surface area (Å²) in [6, 6.07) is 72.0. The third kappa shape index (κ3) is 5.87. The zero-order chi connectivity index (χ0) is 36.6. The number of hydrogen-bond donors (Lipinski definition) is 0. The van der Waals surface area contributed by atoms with Gasteiger partial charge in [0.2, 0.25) is 0 Å². The van der Waals surface area contributed by atoms with E-state index < -0.39 is 0 Å². The average Bonchev–Trinajstić information content (AvgIpc) is 3.68. The van der Waals surface area contributed by atoms with E-state index in [9.17, 15) is 0 Å². The van der Waals surface area contributed by atoms with Crippen LogP contribution in [0.25, 0.3) is 94.8 Å². The molecular formula is C51H34N4. The lowest BCUT2D eigenvalue weighted by atomic mass is 9.85. The summed E-state index contributed by atoms with van der Waals surface area (Å²) in [6.45, 7) is 0. The van der Waals surface area contributed by atoms with E-state index in [1.165, 1.54) is 0 Å². The van der Waals surface area contributed by atoms with Crippen molar-refractivity contribution in [2.45, 2.75) is 0 Å². The number of benzene rings is 8. The van der Waals surface area contributed by atoms with E-state index in [1.54, 1.807) is 0 Å². The maximum atomic E-state index is 5.42. The van der Waals surface area contributed by atoms with Crippen LogP contribution < -0.4 is 0 Å². The van der Waals surface area contributed by atoms with Gasteiger partial charge in [0.05, 0.1) is 22.6 Å². The van der Waals surface area contributed by atoms with E-state index in [1.807, 2.05) is 42.5 Å². The van der Waals surface area contributed by atoms with Crippen LogP contribution in [-0.4, -0.2) is 19.7 Å². The molecule has 0 bridgehead atoms. The van der Waals surface area contributed by atoms with Crippen LogP contribution in [0.1, 0.15) is 0 Å². The first kappa shape index (κ1) is 32.2. The van der Waals surface area contributed by atoms with Gasteiger partial charge in [0.1, 0.15) is 5.69 Å². The summed E-state index contributed by atoms with van der Waals surface area (Å²) in [5.74, 6) is 0.686. The Morgan fingerprint density at radius 1 is 0.345 bits per heavy atom. The minimum atomic E-state index is 0.686. The fourth-order valence-corrected chi connectivity index (χ4v) is 7.69. The molecule has 2 heterocycles. The SMILES string of the molecule is c1ccc(-c2cc(-c3ccccc3)nc(-c3ccc(-c4c(-c5ccccc5)c5c(-c6ccccc6)nn(-c6ccccc6)c5c5ccccc45)cc3)n2)cc1. The summed E-state index contributed by atoms with van der Waals surface area (Å²) in [7, 11) is 0. The molecular weight excluding hydrogens is 669 g/mol. The fraction of sp³-hybridized carbons (Fsp3) is 0. The predicted octanol–water partition coefficient (Wildman–Crippen LogP) is 13.0. The smallest absolute Gasteiger partial charge is 0.160 e. The third-order valence-electron chi connectivity index (χ3n) is 10.2. The molecule has 0 N–H and O–H groups in total. The molecule has 258 valence electrons. The van der Waals surface area contributed by atoms with Crippen molar-refractivity contribution in [1.82, 2.24) is 19.7 Å². The van der Waals surface area contributed by atoms with Gasteiger partial charge in [-0.05, 0) is 40.3 Å². The molecule has 10 rings (SSSR count). The quantitative estimate of drug-likeness (QED) is 0.166. The number of fused-ring (bicyclic) bond motifs is 3. The summed E-state index contributed by atoms with van der Waals surface area (Å²) in [4.78, 5) is 10.2.